The van der Waals surface area contributed by atoms with Crippen LogP contribution in [0.15, 0.2) is 12.2 Å². The van der Waals surface area contributed by atoms with Crippen molar-refractivity contribution in [1.82, 2.24) is 21.3 Å². The fraction of sp³-hybridized carbons (Fsp3) is 0.878. The summed E-state index contributed by atoms with van der Waals surface area (Å²) in [5.41, 5.74) is 0. The molecule has 0 bridgehead atoms. The first-order chi connectivity index (χ1) is 34.9. The van der Waals surface area contributed by atoms with Crippen molar-refractivity contribution >= 4 is 23.6 Å². The summed E-state index contributed by atoms with van der Waals surface area (Å²) in [5, 5.41) is 119. The van der Waals surface area contributed by atoms with Gasteiger partial charge in [-0.15, -0.1) is 0 Å². The minimum atomic E-state index is -1.88. The maximum atomic E-state index is 13.3. The Labute approximate surface area is 427 Å². The molecule has 24 nitrogen and oxygen atoms in total. The van der Waals surface area contributed by atoms with E-state index in [-0.39, 0.29) is 12.8 Å². The first-order valence-electron chi connectivity index (χ1n) is 26.1. The third kappa shape index (κ3) is 18.3. The van der Waals surface area contributed by atoms with Gasteiger partial charge < -0.3 is 101 Å². The van der Waals surface area contributed by atoms with Crippen LogP contribution in [-0.2, 0) is 47.6 Å². The van der Waals surface area contributed by atoms with Gasteiger partial charge in [0.25, 0.3) is 0 Å². The number of nitrogens with one attached hydrogen (secondary N) is 4. The summed E-state index contributed by atoms with van der Waals surface area (Å²) >= 11 is 0. The van der Waals surface area contributed by atoms with Crippen LogP contribution in [0.1, 0.15) is 124 Å². The van der Waals surface area contributed by atoms with E-state index < -0.39 is 172 Å². The minimum absolute atomic E-state index is 0.0574. The third-order valence-electron chi connectivity index (χ3n) is 13.9. The highest BCUT2D eigenvalue weighted by atomic mass is 16.7. The van der Waals surface area contributed by atoms with E-state index in [1.54, 1.807) is 0 Å². The molecular weight excluding hydrogens is 965 g/mol. The van der Waals surface area contributed by atoms with Crippen molar-refractivity contribution in [2.24, 2.45) is 5.92 Å². The van der Waals surface area contributed by atoms with Crippen molar-refractivity contribution in [3.63, 3.8) is 0 Å². The highest BCUT2D eigenvalue weighted by molar-refractivity contribution is 5.76. The minimum Gasteiger partial charge on any atom is -0.396 e. The molecule has 0 aromatic rings. The van der Waals surface area contributed by atoms with E-state index in [4.69, 9.17) is 28.4 Å². The van der Waals surface area contributed by atoms with Crippen LogP contribution in [0.25, 0.3) is 0 Å². The highest BCUT2D eigenvalue weighted by Crippen LogP contribution is 2.36. The normalized spacial score (nSPS) is 36.9. The average molecular weight is 1050 g/mol. The lowest BCUT2D eigenvalue weighted by molar-refractivity contribution is -0.357. The standard InChI is InChI=1S/C49H86N4O20/c1-5-6-7-8-9-10-11-12-13-14-15-16-17-18-19-20-34(62)53-36-40(64)39(63)31(23-55)68-47(36)72-45-33(25-57)70-49(38(43(45)67)52-28(4)60)73-46-32(24-56)69-48(37(42(46)66)51-27(3)59)71-44-29(22-54)21-30(61)35(41(44)65)50-26(2)58/h12-13,29-33,35-49,54-57,61,63-67H,5-11,14-25H2,1-4H3,(H,50,58)(H,51,59)(H,52,60)(H,53,62)/b13-12-/t29-,30-,31-,32-,33-,35+,36+,37-,38-,39-,40-,41?,42-,43?,44-,45-,46-,47?,48+,49+/m1/s1. The Bertz CT molecular complexity index is 1690. The van der Waals surface area contributed by atoms with Gasteiger partial charge in [-0.05, 0) is 38.5 Å². The smallest absolute Gasteiger partial charge is 0.220 e. The molecule has 1 aliphatic carbocycles. The van der Waals surface area contributed by atoms with E-state index in [9.17, 15) is 70.2 Å². The Morgan fingerprint density at radius 3 is 1.33 bits per heavy atom. The summed E-state index contributed by atoms with van der Waals surface area (Å²) in [6, 6.07) is -5.87. The van der Waals surface area contributed by atoms with E-state index in [1.165, 1.54) is 45.4 Å². The van der Waals surface area contributed by atoms with E-state index in [0.29, 0.717) is 6.42 Å². The van der Waals surface area contributed by atoms with Gasteiger partial charge in [-0.25, -0.2) is 0 Å². The molecule has 73 heavy (non-hydrogen) atoms. The number of aliphatic hydroxyl groups excluding tert-OH is 10. The van der Waals surface area contributed by atoms with E-state index >= 15 is 0 Å². The lowest BCUT2D eigenvalue weighted by Gasteiger charge is -2.51. The molecule has 3 heterocycles. The molecule has 3 unspecified atom stereocenters. The molecule has 20 atom stereocenters. The van der Waals surface area contributed by atoms with Crippen molar-refractivity contribution < 1.29 is 98.7 Å². The van der Waals surface area contributed by atoms with Crippen LogP contribution in [0.4, 0.5) is 0 Å². The van der Waals surface area contributed by atoms with Crippen molar-refractivity contribution in [2.45, 2.75) is 240 Å². The molecule has 4 aliphatic rings. The van der Waals surface area contributed by atoms with Gasteiger partial charge in [-0.2, -0.15) is 0 Å². The summed E-state index contributed by atoms with van der Waals surface area (Å²) < 4.78 is 36.3. The molecule has 3 aliphatic heterocycles. The SMILES string of the molecule is CCCCCCCC/C=C\CCCCCCCC(=O)N[C@@H]1C(O[C@H]2C(O)[C@@H](NC(C)=O)[C@H](O[C@H]3[C@H](O)[C@@H](NC(C)=O)[C@H](O[C@H]4C(O)[C@@H](NC(C)=O)[C@H](O)C[C@@H]4CO)O[C@@H]3CO)O[C@@H]2CO)O[C@H](CO)[C@@H](O)[C@@H]1O. The largest absolute Gasteiger partial charge is 0.396 e. The van der Waals surface area contributed by atoms with Crippen molar-refractivity contribution in [3.8, 4) is 0 Å². The zero-order valence-electron chi connectivity index (χ0n) is 42.7. The number of ether oxygens (including phenoxy) is 6. The molecule has 422 valence electrons. The van der Waals surface area contributed by atoms with Gasteiger partial charge in [0.05, 0.1) is 38.1 Å². The maximum absolute atomic E-state index is 13.3. The number of hydrogen-bond acceptors (Lipinski definition) is 20. The number of carbonyl (C=O) groups excluding carboxylic acids is 4. The van der Waals surface area contributed by atoms with Crippen LogP contribution in [0.5, 0.6) is 0 Å². The Hall–Kier alpha value is -3.02. The Balaban J connectivity index is 1.44. The first kappa shape index (κ1) is 62.5. The van der Waals surface area contributed by atoms with Crippen LogP contribution in [0.3, 0.4) is 0 Å². The second-order valence-corrected chi connectivity index (χ2v) is 19.8. The molecule has 24 heteroatoms. The predicted molar refractivity (Wildman–Crippen MR) is 257 cm³/mol. The molecular formula is C49H86N4O20. The monoisotopic (exact) mass is 1050 g/mol. The molecule has 0 spiro atoms. The fourth-order valence-corrected chi connectivity index (χ4v) is 10.00. The number of rotatable bonds is 29. The first-order valence-corrected chi connectivity index (χ1v) is 26.1. The summed E-state index contributed by atoms with van der Waals surface area (Å²) in [6.45, 7) is 2.41. The molecule has 4 amide bonds. The molecule has 4 fully saturated rings. The molecule has 3 saturated heterocycles. The fourth-order valence-electron chi connectivity index (χ4n) is 10.00. The number of carbonyl (C=O) groups is 4. The number of allylic oxidation sites excluding steroid dienone is 2. The molecule has 0 aromatic heterocycles. The molecule has 0 aromatic carbocycles. The molecule has 4 rings (SSSR count). The Kier molecular flexibility index (Phi) is 27.3. The predicted octanol–water partition coefficient (Wildman–Crippen LogP) is -2.49. The summed E-state index contributed by atoms with van der Waals surface area (Å²) in [7, 11) is 0. The summed E-state index contributed by atoms with van der Waals surface area (Å²) in [6.07, 6.45) is -6.17. The second kappa shape index (κ2) is 31.9. The van der Waals surface area contributed by atoms with Gasteiger partial charge in [0, 0.05) is 39.7 Å². The van der Waals surface area contributed by atoms with Gasteiger partial charge in [-0.3, -0.25) is 19.2 Å². The van der Waals surface area contributed by atoms with Crippen LogP contribution >= 0.6 is 0 Å². The molecule has 0 radical (unpaired) electrons. The van der Waals surface area contributed by atoms with Crippen LogP contribution in [0, 0.1) is 5.92 Å². The topological polar surface area (TPSA) is 374 Å². The lowest BCUT2D eigenvalue weighted by atomic mass is 9.79. The molecule has 1 saturated carbocycles. The van der Waals surface area contributed by atoms with E-state index in [1.807, 2.05) is 0 Å². The number of hydrogen-bond donors (Lipinski definition) is 14. The second-order valence-electron chi connectivity index (χ2n) is 19.8. The summed E-state index contributed by atoms with van der Waals surface area (Å²) in [5.74, 6) is -3.46. The highest BCUT2D eigenvalue weighted by Gasteiger charge is 2.56. The van der Waals surface area contributed by atoms with Crippen molar-refractivity contribution in [3.05, 3.63) is 12.2 Å². The van der Waals surface area contributed by atoms with Gasteiger partial charge >= 0.3 is 0 Å². The van der Waals surface area contributed by atoms with Crippen LogP contribution < -0.4 is 21.3 Å². The number of amides is 4. The van der Waals surface area contributed by atoms with Crippen LogP contribution in [-0.4, -0.2) is 217 Å². The molecule has 14 N–H and O–H groups in total. The quantitative estimate of drug-likeness (QED) is 0.0272. The van der Waals surface area contributed by atoms with E-state index in [0.717, 1.165) is 52.4 Å². The van der Waals surface area contributed by atoms with Crippen LogP contribution in [0.2, 0.25) is 0 Å². The Morgan fingerprint density at radius 2 is 0.877 bits per heavy atom. The zero-order valence-corrected chi connectivity index (χ0v) is 42.7. The zero-order chi connectivity index (χ0) is 53.8. The van der Waals surface area contributed by atoms with Crippen molar-refractivity contribution in [1.29, 1.82) is 0 Å². The number of unbranched alkanes of at least 4 members (excludes halogenated alkanes) is 11. The average Bonchev–Trinajstić information content (AvgIpc) is 3.35. The lowest BCUT2D eigenvalue weighted by Crippen LogP contribution is -2.71. The van der Waals surface area contributed by atoms with Crippen molar-refractivity contribution in [2.75, 3.05) is 26.4 Å². The van der Waals surface area contributed by atoms with E-state index in [2.05, 4.69) is 40.3 Å². The summed E-state index contributed by atoms with van der Waals surface area (Å²) in [4.78, 5) is 50.4. The van der Waals surface area contributed by atoms with Gasteiger partial charge in [0.15, 0.2) is 18.9 Å². The Morgan fingerprint density at radius 1 is 0.479 bits per heavy atom. The van der Waals surface area contributed by atoms with Gasteiger partial charge in [0.2, 0.25) is 23.6 Å². The third-order valence-corrected chi connectivity index (χ3v) is 13.9. The van der Waals surface area contributed by atoms with Gasteiger partial charge in [-0.1, -0.05) is 70.4 Å². The number of aliphatic hydroxyl groups is 10. The van der Waals surface area contributed by atoms with Gasteiger partial charge in [0.1, 0.15) is 79.2 Å². The maximum Gasteiger partial charge on any atom is 0.220 e.